The molecule has 1 fully saturated rings. The Morgan fingerprint density at radius 2 is 2.16 bits per heavy atom. The first kappa shape index (κ1) is 12.5. The molecule has 1 saturated carbocycles. The Labute approximate surface area is 113 Å². The molecule has 1 heterocycles. The fourth-order valence-corrected chi connectivity index (χ4v) is 3.04. The summed E-state index contributed by atoms with van der Waals surface area (Å²) in [6, 6.07) is 7.97. The molecule has 2 atom stereocenters. The third-order valence-electron chi connectivity index (χ3n) is 4.15. The van der Waals surface area contributed by atoms with Crippen molar-refractivity contribution < 1.29 is 9.53 Å². The molecular formula is C15H20N2O2. The average Bonchev–Trinajstić information content (AvgIpc) is 2.73. The van der Waals surface area contributed by atoms with Crippen molar-refractivity contribution >= 4 is 5.91 Å². The van der Waals surface area contributed by atoms with E-state index in [1.807, 2.05) is 29.2 Å². The number of nitrogens with two attached hydrogens (primary N) is 1. The van der Waals surface area contributed by atoms with Crippen LogP contribution in [0.4, 0.5) is 0 Å². The summed E-state index contributed by atoms with van der Waals surface area (Å²) in [5.41, 5.74) is 7.12. The summed E-state index contributed by atoms with van der Waals surface area (Å²) in [5.74, 6) is 1.10. The minimum Gasteiger partial charge on any atom is -0.491 e. The van der Waals surface area contributed by atoms with Crippen molar-refractivity contribution in [2.45, 2.75) is 31.8 Å². The number of amides is 1. The lowest BCUT2D eigenvalue weighted by Gasteiger charge is -2.25. The number of hydrogen-bond donors (Lipinski definition) is 1. The Balaban J connectivity index is 1.77. The van der Waals surface area contributed by atoms with Gasteiger partial charge in [0.25, 0.3) is 0 Å². The van der Waals surface area contributed by atoms with E-state index < -0.39 is 0 Å². The molecule has 1 aliphatic carbocycles. The minimum atomic E-state index is 0.00487. The highest BCUT2D eigenvalue weighted by atomic mass is 16.5. The Kier molecular flexibility index (Phi) is 3.42. The van der Waals surface area contributed by atoms with Crippen molar-refractivity contribution in [2.75, 3.05) is 13.2 Å². The van der Waals surface area contributed by atoms with E-state index in [1.54, 1.807) is 0 Å². The van der Waals surface area contributed by atoms with Gasteiger partial charge in [-0.3, -0.25) is 4.79 Å². The van der Waals surface area contributed by atoms with Crippen LogP contribution in [0.25, 0.3) is 0 Å². The summed E-state index contributed by atoms with van der Waals surface area (Å²) >= 11 is 0. The number of carbonyl (C=O) groups is 1. The first-order valence-electron chi connectivity index (χ1n) is 7.01. The molecule has 3 rings (SSSR count). The molecule has 4 nitrogen and oxygen atoms in total. The Hall–Kier alpha value is -1.55. The summed E-state index contributed by atoms with van der Waals surface area (Å²) in [6.07, 6.45) is 2.97. The topological polar surface area (TPSA) is 55.6 Å². The number of benzene rings is 1. The van der Waals surface area contributed by atoms with E-state index in [1.165, 1.54) is 0 Å². The molecule has 1 aromatic carbocycles. The van der Waals surface area contributed by atoms with Crippen LogP contribution >= 0.6 is 0 Å². The maximum Gasteiger partial charge on any atom is 0.227 e. The molecule has 1 aromatic rings. The van der Waals surface area contributed by atoms with E-state index in [-0.39, 0.29) is 17.9 Å². The van der Waals surface area contributed by atoms with Crippen LogP contribution in [0, 0.1) is 5.92 Å². The highest BCUT2D eigenvalue weighted by molar-refractivity contribution is 5.80. The van der Waals surface area contributed by atoms with Crippen molar-refractivity contribution in [3.8, 4) is 5.75 Å². The molecule has 4 heteroatoms. The van der Waals surface area contributed by atoms with Gasteiger partial charge in [0, 0.05) is 18.2 Å². The van der Waals surface area contributed by atoms with Crippen LogP contribution in [0.1, 0.15) is 24.8 Å². The number of hydrogen-bond acceptors (Lipinski definition) is 3. The minimum absolute atomic E-state index is 0.00487. The molecular weight excluding hydrogens is 240 g/mol. The van der Waals surface area contributed by atoms with Gasteiger partial charge in [-0.25, -0.2) is 0 Å². The van der Waals surface area contributed by atoms with Crippen LogP contribution in [-0.2, 0) is 11.3 Å². The second-order valence-corrected chi connectivity index (χ2v) is 5.42. The number of fused-ring (bicyclic) bond motifs is 1. The lowest BCUT2D eigenvalue weighted by molar-refractivity contribution is -0.136. The van der Waals surface area contributed by atoms with E-state index >= 15 is 0 Å². The van der Waals surface area contributed by atoms with Crippen LogP contribution < -0.4 is 10.5 Å². The van der Waals surface area contributed by atoms with Gasteiger partial charge in [0.1, 0.15) is 12.4 Å². The first-order chi connectivity index (χ1) is 9.25. The van der Waals surface area contributed by atoms with Crippen molar-refractivity contribution in [2.24, 2.45) is 11.7 Å². The highest BCUT2D eigenvalue weighted by Gasteiger charge is 2.34. The lowest BCUT2D eigenvalue weighted by Crippen LogP contribution is -2.42. The SMILES string of the molecule is N[C@H]1CCC[C@H]1C(=O)N1CCOc2ccccc2C1. The third-order valence-corrected chi connectivity index (χ3v) is 4.15. The number of nitrogens with zero attached hydrogens (tertiary/aromatic N) is 1. The van der Waals surface area contributed by atoms with Gasteiger partial charge in [0.05, 0.1) is 12.5 Å². The van der Waals surface area contributed by atoms with Gasteiger partial charge in [0.15, 0.2) is 0 Å². The Morgan fingerprint density at radius 1 is 1.32 bits per heavy atom. The highest BCUT2D eigenvalue weighted by Crippen LogP contribution is 2.28. The zero-order valence-corrected chi connectivity index (χ0v) is 11.0. The zero-order chi connectivity index (χ0) is 13.2. The number of carbonyl (C=O) groups excluding carboxylic acids is 1. The van der Waals surface area contributed by atoms with Gasteiger partial charge in [0.2, 0.25) is 5.91 Å². The Morgan fingerprint density at radius 3 is 2.95 bits per heavy atom. The summed E-state index contributed by atoms with van der Waals surface area (Å²) in [6.45, 7) is 1.85. The van der Waals surface area contributed by atoms with Crippen LogP contribution in [-0.4, -0.2) is 30.0 Å². The number of ether oxygens (including phenoxy) is 1. The standard InChI is InChI=1S/C15H20N2O2/c16-13-6-3-5-12(13)15(18)17-8-9-19-14-7-2-1-4-11(14)10-17/h1-2,4,7,12-13H,3,5-6,8-10,16H2/t12-,13+/m1/s1. The zero-order valence-electron chi connectivity index (χ0n) is 11.0. The molecule has 0 spiro atoms. The lowest BCUT2D eigenvalue weighted by atomic mass is 10.0. The molecule has 0 radical (unpaired) electrons. The van der Waals surface area contributed by atoms with E-state index in [4.69, 9.17) is 10.5 Å². The average molecular weight is 260 g/mol. The van der Waals surface area contributed by atoms with E-state index in [0.29, 0.717) is 19.7 Å². The van der Waals surface area contributed by atoms with Gasteiger partial charge in [-0.05, 0) is 18.9 Å². The van der Waals surface area contributed by atoms with E-state index in [9.17, 15) is 4.79 Å². The third kappa shape index (κ3) is 2.45. The fraction of sp³-hybridized carbons (Fsp3) is 0.533. The molecule has 2 aliphatic rings. The van der Waals surface area contributed by atoms with Gasteiger partial charge >= 0.3 is 0 Å². The number of para-hydroxylation sites is 1. The molecule has 19 heavy (non-hydrogen) atoms. The second kappa shape index (κ2) is 5.21. The van der Waals surface area contributed by atoms with Gasteiger partial charge in [-0.15, -0.1) is 0 Å². The van der Waals surface area contributed by atoms with Crippen molar-refractivity contribution in [1.29, 1.82) is 0 Å². The molecule has 0 saturated heterocycles. The van der Waals surface area contributed by atoms with Crippen molar-refractivity contribution in [3.05, 3.63) is 29.8 Å². The number of rotatable bonds is 1. The maximum absolute atomic E-state index is 12.6. The van der Waals surface area contributed by atoms with Crippen molar-refractivity contribution in [3.63, 3.8) is 0 Å². The molecule has 0 unspecified atom stereocenters. The predicted octanol–water partition coefficient (Wildman–Crippen LogP) is 1.53. The quantitative estimate of drug-likeness (QED) is 0.833. The van der Waals surface area contributed by atoms with Crippen molar-refractivity contribution in [1.82, 2.24) is 4.90 Å². The monoisotopic (exact) mass is 260 g/mol. The fourth-order valence-electron chi connectivity index (χ4n) is 3.04. The maximum atomic E-state index is 12.6. The largest absolute Gasteiger partial charge is 0.491 e. The molecule has 2 N–H and O–H groups in total. The van der Waals surface area contributed by atoms with Crippen LogP contribution in [0.5, 0.6) is 5.75 Å². The summed E-state index contributed by atoms with van der Waals surface area (Å²) in [4.78, 5) is 14.5. The second-order valence-electron chi connectivity index (χ2n) is 5.42. The van der Waals surface area contributed by atoms with Gasteiger partial charge in [-0.2, -0.15) is 0 Å². The molecule has 1 aliphatic heterocycles. The van der Waals surface area contributed by atoms with Gasteiger partial charge in [-0.1, -0.05) is 24.6 Å². The smallest absolute Gasteiger partial charge is 0.227 e. The van der Waals surface area contributed by atoms with Gasteiger partial charge < -0.3 is 15.4 Å². The first-order valence-corrected chi connectivity index (χ1v) is 7.01. The Bertz CT molecular complexity index is 475. The van der Waals surface area contributed by atoms with Crippen LogP contribution in [0.3, 0.4) is 0 Å². The molecule has 0 aromatic heterocycles. The summed E-state index contributed by atoms with van der Waals surface area (Å²) < 4.78 is 5.69. The van der Waals surface area contributed by atoms with E-state index in [2.05, 4.69) is 0 Å². The van der Waals surface area contributed by atoms with E-state index in [0.717, 1.165) is 30.6 Å². The predicted molar refractivity (Wildman–Crippen MR) is 72.7 cm³/mol. The molecule has 1 amide bonds. The van der Waals surface area contributed by atoms with Crippen LogP contribution in [0.2, 0.25) is 0 Å². The molecule has 0 bridgehead atoms. The summed E-state index contributed by atoms with van der Waals surface area (Å²) in [7, 11) is 0. The van der Waals surface area contributed by atoms with Crippen LogP contribution in [0.15, 0.2) is 24.3 Å². The summed E-state index contributed by atoms with van der Waals surface area (Å²) in [5, 5.41) is 0. The normalized spacial score (nSPS) is 26.5. The molecule has 102 valence electrons.